The maximum absolute atomic E-state index is 5.59. The Balaban J connectivity index is 1.80. The molecule has 0 saturated carbocycles. The Hall–Kier alpha value is -1.33. The molecule has 0 unspecified atom stereocenters. The predicted octanol–water partition coefficient (Wildman–Crippen LogP) is 4.17. The van der Waals surface area contributed by atoms with Crippen LogP contribution >= 0.6 is 11.3 Å². The molecule has 0 aliphatic rings. The van der Waals surface area contributed by atoms with E-state index >= 15 is 0 Å². The van der Waals surface area contributed by atoms with Gasteiger partial charge in [-0.25, -0.2) is 4.98 Å². The largest absolute Gasteiger partial charge is 0.494 e. The first kappa shape index (κ1) is 16.0. The zero-order valence-corrected chi connectivity index (χ0v) is 13.8. The van der Waals surface area contributed by atoms with Gasteiger partial charge in [0.1, 0.15) is 5.75 Å². The summed E-state index contributed by atoms with van der Waals surface area (Å²) in [6.45, 7) is 9.42. The van der Waals surface area contributed by atoms with Crippen LogP contribution in [0.15, 0.2) is 18.2 Å². The summed E-state index contributed by atoms with van der Waals surface area (Å²) in [6.07, 6.45) is 1.11. The van der Waals surface area contributed by atoms with E-state index in [4.69, 9.17) is 9.47 Å². The standard InChI is InChI=1S/C16H24N2O2S/c1-4-20-13-5-6-14-15(11-13)21-16(18-14)17-8-10-19-9-7-12(2)3/h5-6,11-12H,4,7-10H2,1-3H3,(H,17,18). The summed E-state index contributed by atoms with van der Waals surface area (Å²) in [6, 6.07) is 6.01. The predicted molar refractivity (Wildman–Crippen MR) is 89.6 cm³/mol. The zero-order chi connectivity index (χ0) is 15.1. The van der Waals surface area contributed by atoms with Gasteiger partial charge in [0.15, 0.2) is 5.13 Å². The van der Waals surface area contributed by atoms with Gasteiger partial charge in [0.05, 0.1) is 23.4 Å². The fraction of sp³-hybridized carbons (Fsp3) is 0.562. The van der Waals surface area contributed by atoms with Crippen LogP contribution in [0.2, 0.25) is 0 Å². The van der Waals surface area contributed by atoms with Crippen LogP contribution in [0, 0.1) is 5.92 Å². The van der Waals surface area contributed by atoms with Gasteiger partial charge >= 0.3 is 0 Å². The van der Waals surface area contributed by atoms with E-state index in [1.165, 1.54) is 0 Å². The average Bonchev–Trinajstić information content (AvgIpc) is 2.84. The minimum Gasteiger partial charge on any atom is -0.494 e. The summed E-state index contributed by atoms with van der Waals surface area (Å²) in [5.41, 5.74) is 1.01. The van der Waals surface area contributed by atoms with Gasteiger partial charge in [0.25, 0.3) is 0 Å². The SMILES string of the molecule is CCOc1ccc2nc(NCCOCCC(C)C)sc2c1. The summed E-state index contributed by atoms with van der Waals surface area (Å²) in [5, 5.41) is 4.25. The van der Waals surface area contributed by atoms with E-state index in [1.807, 2.05) is 25.1 Å². The summed E-state index contributed by atoms with van der Waals surface area (Å²) in [4.78, 5) is 4.56. The van der Waals surface area contributed by atoms with Crippen molar-refractivity contribution in [2.24, 2.45) is 5.92 Å². The molecule has 4 nitrogen and oxygen atoms in total. The monoisotopic (exact) mass is 308 g/mol. The van der Waals surface area contributed by atoms with Crippen molar-refractivity contribution >= 4 is 26.7 Å². The Bertz CT molecular complexity index is 554. The van der Waals surface area contributed by atoms with Gasteiger partial charge in [-0.3, -0.25) is 0 Å². The van der Waals surface area contributed by atoms with Crippen LogP contribution in [-0.4, -0.2) is 31.3 Å². The van der Waals surface area contributed by atoms with Crippen molar-refractivity contribution in [1.82, 2.24) is 4.98 Å². The Morgan fingerprint density at radius 1 is 1.29 bits per heavy atom. The summed E-state index contributed by atoms with van der Waals surface area (Å²) < 4.78 is 12.2. The molecule has 1 N–H and O–H groups in total. The van der Waals surface area contributed by atoms with E-state index in [9.17, 15) is 0 Å². The molecule has 0 radical (unpaired) electrons. The van der Waals surface area contributed by atoms with Gasteiger partial charge in [-0.1, -0.05) is 25.2 Å². The highest BCUT2D eigenvalue weighted by molar-refractivity contribution is 7.22. The van der Waals surface area contributed by atoms with E-state index in [1.54, 1.807) is 11.3 Å². The Morgan fingerprint density at radius 3 is 2.90 bits per heavy atom. The average molecular weight is 308 g/mol. The number of fused-ring (bicyclic) bond motifs is 1. The minimum absolute atomic E-state index is 0.684. The van der Waals surface area contributed by atoms with Gasteiger partial charge < -0.3 is 14.8 Å². The summed E-state index contributed by atoms with van der Waals surface area (Å²) in [7, 11) is 0. The molecule has 0 aliphatic heterocycles. The lowest BCUT2D eigenvalue weighted by Gasteiger charge is -2.06. The van der Waals surface area contributed by atoms with Crippen molar-refractivity contribution in [2.45, 2.75) is 27.2 Å². The quantitative estimate of drug-likeness (QED) is 0.706. The van der Waals surface area contributed by atoms with Crippen LogP contribution in [-0.2, 0) is 4.74 Å². The van der Waals surface area contributed by atoms with E-state index in [-0.39, 0.29) is 0 Å². The molecule has 116 valence electrons. The van der Waals surface area contributed by atoms with Gasteiger partial charge in [0, 0.05) is 13.2 Å². The molecule has 1 aromatic heterocycles. The minimum atomic E-state index is 0.684. The molecule has 0 bridgehead atoms. The number of nitrogens with one attached hydrogen (secondary N) is 1. The number of anilines is 1. The molecule has 2 rings (SSSR count). The highest BCUT2D eigenvalue weighted by atomic mass is 32.1. The third-order valence-electron chi connectivity index (χ3n) is 3.03. The van der Waals surface area contributed by atoms with Crippen molar-refractivity contribution in [3.05, 3.63) is 18.2 Å². The van der Waals surface area contributed by atoms with Crippen molar-refractivity contribution in [1.29, 1.82) is 0 Å². The summed E-state index contributed by atoms with van der Waals surface area (Å²) >= 11 is 1.65. The number of hydrogen-bond acceptors (Lipinski definition) is 5. The molecule has 0 atom stereocenters. The second kappa shape index (κ2) is 8.20. The molecule has 0 aliphatic carbocycles. The van der Waals surface area contributed by atoms with Crippen molar-refractivity contribution in [3.63, 3.8) is 0 Å². The van der Waals surface area contributed by atoms with Crippen LogP contribution in [0.1, 0.15) is 27.2 Å². The van der Waals surface area contributed by atoms with Crippen molar-refractivity contribution in [3.8, 4) is 5.75 Å². The topological polar surface area (TPSA) is 43.4 Å². The van der Waals surface area contributed by atoms with Gasteiger partial charge in [0.2, 0.25) is 0 Å². The first-order valence-electron chi connectivity index (χ1n) is 7.54. The molecule has 2 aromatic rings. The zero-order valence-electron chi connectivity index (χ0n) is 13.0. The summed E-state index contributed by atoms with van der Waals surface area (Å²) in [5.74, 6) is 1.60. The van der Waals surface area contributed by atoms with Crippen LogP contribution in [0.5, 0.6) is 5.75 Å². The second-order valence-corrected chi connectivity index (χ2v) is 6.33. The molecular weight excluding hydrogens is 284 g/mol. The maximum atomic E-state index is 5.59. The van der Waals surface area contributed by atoms with E-state index in [0.717, 1.165) is 40.7 Å². The third-order valence-corrected chi connectivity index (χ3v) is 4.01. The fourth-order valence-corrected chi connectivity index (χ4v) is 2.81. The first-order chi connectivity index (χ1) is 10.2. The number of nitrogens with zero attached hydrogens (tertiary/aromatic N) is 1. The number of aromatic nitrogens is 1. The molecule has 5 heteroatoms. The maximum Gasteiger partial charge on any atom is 0.183 e. The molecular formula is C16H24N2O2S. The highest BCUT2D eigenvalue weighted by Crippen LogP contribution is 2.29. The molecule has 1 aromatic carbocycles. The van der Waals surface area contributed by atoms with E-state index in [2.05, 4.69) is 24.1 Å². The number of thiazole rings is 1. The lowest BCUT2D eigenvalue weighted by molar-refractivity contribution is 0.132. The Morgan fingerprint density at radius 2 is 2.14 bits per heavy atom. The van der Waals surface area contributed by atoms with Crippen LogP contribution in [0.4, 0.5) is 5.13 Å². The Labute approximate surface area is 130 Å². The molecule has 0 amide bonds. The Kier molecular flexibility index (Phi) is 6.26. The second-order valence-electron chi connectivity index (χ2n) is 5.30. The lowest BCUT2D eigenvalue weighted by Crippen LogP contribution is -2.10. The van der Waals surface area contributed by atoms with Gasteiger partial charge in [-0.2, -0.15) is 0 Å². The molecule has 0 spiro atoms. The van der Waals surface area contributed by atoms with E-state index in [0.29, 0.717) is 19.1 Å². The lowest BCUT2D eigenvalue weighted by atomic mass is 10.1. The molecule has 0 saturated heterocycles. The first-order valence-corrected chi connectivity index (χ1v) is 8.35. The number of benzene rings is 1. The molecule has 1 heterocycles. The van der Waals surface area contributed by atoms with E-state index < -0.39 is 0 Å². The molecule has 21 heavy (non-hydrogen) atoms. The third kappa shape index (κ3) is 5.17. The van der Waals surface area contributed by atoms with Crippen molar-refractivity contribution < 1.29 is 9.47 Å². The van der Waals surface area contributed by atoms with Gasteiger partial charge in [-0.05, 0) is 37.5 Å². The van der Waals surface area contributed by atoms with Crippen LogP contribution in [0.25, 0.3) is 10.2 Å². The normalized spacial score (nSPS) is 11.2. The van der Waals surface area contributed by atoms with Crippen LogP contribution in [0.3, 0.4) is 0 Å². The molecule has 0 fully saturated rings. The number of rotatable bonds is 9. The number of ether oxygens (including phenoxy) is 2. The van der Waals surface area contributed by atoms with Crippen LogP contribution < -0.4 is 10.1 Å². The smallest absolute Gasteiger partial charge is 0.183 e. The highest BCUT2D eigenvalue weighted by Gasteiger charge is 2.04. The fourth-order valence-electron chi connectivity index (χ4n) is 1.89. The van der Waals surface area contributed by atoms with Crippen molar-refractivity contribution in [2.75, 3.05) is 31.7 Å². The van der Waals surface area contributed by atoms with Gasteiger partial charge in [-0.15, -0.1) is 0 Å². The number of hydrogen-bond donors (Lipinski definition) is 1.